The second-order valence-corrected chi connectivity index (χ2v) is 6.72. The summed E-state index contributed by atoms with van der Waals surface area (Å²) in [7, 11) is -4.46. The molecule has 26 heavy (non-hydrogen) atoms. The summed E-state index contributed by atoms with van der Waals surface area (Å²) in [5.74, 6) is 0. The lowest BCUT2D eigenvalue weighted by molar-refractivity contribution is -0.143. The van der Waals surface area contributed by atoms with Crippen molar-refractivity contribution in [2.75, 3.05) is 4.72 Å². The van der Waals surface area contributed by atoms with Crippen molar-refractivity contribution in [3.05, 3.63) is 59.2 Å². The van der Waals surface area contributed by atoms with Gasteiger partial charge >= 0.3 is 12.4 Å². The lowest BCUT2D eigenvalue weighted by atomic mass is 10.1. The molecule has 0 aliphatic rings. The van der Waals surface area contributed by atoms with Crippen molar-refractivity contribution in [1.29, 1.82) is 5.26 Å². The number of alkyl halides is 6. The molecule has 2 rings (SSSR count). The van der Waals surface area contributed by atoms with Crippen LogP contribution in [0.1, 0.15) is 16.7 Å². The van der Waals surface area contributed by atoms with Crippen molar-refractivity contribution in [2.24, 2.45) is 0 Å². The molecule has 138 valence electrons. The Hall–Kier alpha value is -2.74. The highest BCUT2D eigenvalue weighted by molar-refractivity contribution is 7.92. The molecule has 4 nitrogen and oxygen atoms in total. The van der Waals surface area contributed by atoms with Gasteiger partial charge in [-0.25, -0.2) is 8.42 Å². The molecule has 1 N–H and O–H groups in total. The van der Waals surface area contributed by atoms with E-state index < -0.39 is 44.1 Å². The zero-order valence-electron chi connectivity index (χ0n) is 12.5. The van der Waals surface area contributed by atoms with E-state index in [2.05, 4.69) is 0 Å². The minimum absolute atomic E-state index is 0.112. The first-order valence-electron chi connectivity index (χ1n) is 6.65. The van der Waals surface area contributed by atoms with Gasteiger partial charge in [-0.3, -0.25) is 4.72 Å². The van der Waals surface area contributed by atoms with Crippen LogP contribution in [-0.4, -0.2) is 8.42 Å². The minimum Gasteiger partial charge on any atom is -0.280 e. The zero-order chi connectivity index (χ0) is 19.8. The third-order valence-corrected chi connectivity index (χ3v) is 4.53. The van der Waals surface area contributed by atoms with Crippen molar-refractivity contribution < 1.29 is 34.8 Å². The number of nitriles is 1. The number of anilines is 1. The average Bonchev–Trinajstić information content (AvgIpc) is 2.52. The van der Waals surface area contributed by atoms with Crippen LogP contribution in [-0.2, 0) is 22.4 Å². The second kappa shape index (κ2) is 6.53. The Morgan fingerprint density at radius 3 is 1.69 bits per heavy atom. The molecule has 11 heteroatoms. The van der Waals surface area contributed by atoms with Gasteiger partial charge in [0.1, 0.15) is 0 Å². The van der Waals surface area contributed by atoms with Crippen molar-refractivity contribution in [3.63, 3.8) is 0 Å². The molecular weight excluding hydrogens is 386 g/mol. The van der Waals surface area contributed by atoms with E-state index in [0.717, 1.165) is 24.3 Å². The molecule has 0 aliphatic carbocycles. The van der Waals surface area contributed by atoms with E-state index in [0.29, 0.717) is 0 Å². The zero-order valence-corrected chi connectivity index (χ0v) is 13.3. The summed E-state index contributed by atoms with van der Waals surface area (Å²) in [6.45, 7) is 0. The summed E-state index contributed by atoms with van der Waals surface area (Å²) in [5.41, 5.74) is -4.06. The van der Waals surface area contributed by atoms with Crippen LogP contribution in [0.15, 0.2) is 47.4 Å². The Bertz CT molecular complexity index is 925. The van der Waals surface area contributed by atoms with E-state index in [-0.39, 0.29) is 23.8 Å². The van der Waals surface area contributed by atoms with E-state index in [1.54, 1.807) is 10.8 Å². The van der Waals surface area contributed by atoms with Crippen LogP contribution in [0.3, 0.4) is 0 Å². The highest BCUT2D eigenvalue weighted by Gasteiger charge is 2.37. The van der Waals surface area contributed by atoms with Crippen LogP contribution in [0.4, 0.5) is 32.0 Å². The van der Waals surface area contributed by atoms with Crippen molar-refractivity contribution in [3.8, 4) is 6.07 Å². The predicted octanol–water partition coefficient (Wildman–Crippen LogP) is 4.40. The molecular formula is C15H8F6N2O2S. The number of rotatable bonds is 3. The number of nitrogens with zero attached hydrogens (tertiary/aromatic N) is 1. The first-order valence-corrected chi connectivity index (χ1v) is 8.14. The Labute approximate surface area is 143 Å². The van der Waals surface area contributed by atoms with E-state index in [9.17, 15) is 34.8 Å². The number of halogens is 6. The largest absolute Gasteiger partial charge is 0.416 e. The summed E-state index contributed by atoms with van der Waals surface area (Å²) < 4.78 is 103. The molecule has 0 spiro atoms. The van der Waals surface area contributed by atoms with Gasteiger partial charge < -0.3 is 0 Å². The molecule has 0 aromatic heterocycles. The van der Waals surface area contributed by atoms with Gasteiger partial charge in [0.05, 0.1) is 33.3 Å². The van der Waals surface area contributed by atoms with Crippen LogP contribution in [0.2, 0.25) is 0 Å². The van der Waals surface area contributed by atoms with Gasteiger partial charge in [-0.1, -0.05) is 0 Å². The van der Waals surface area contributed by atoms with E-state index in [4.69, 9.17) is 5.26 Å². The van der Waals surface area contributed by atoms with Gasteiger partial charge in [-0.05, 0) is 42.5 Å². The molecule has 0 radical (unpaired) electrons. The van der Waals surface area contributed by atoms with Crippen LogP contribution >= 0.6 is 0 Å². The Balaban J connectivity index is 2.48. The summed E-state index contributed by atoms with van der Waals surface area (Å²) in [6.07, 6.45) is -10.2. The molecule has 0 atom stereocenters. The van der Waals surface area contributed by atoms with Crippen LogP contribution in [0.25, 0.3) is 0 Å². The molecule has 0 saturated heterocycles. The topological polar surface area (TPSA) is 70.0 Å². The van der Waals surface area contributed by atoms with Gasteiger partial charge in [-0.15, -0.1) is 0 Å². The van der Waals surface area contributed by atoms with Crippen LogP contribution in [0.5, 0.6) is 0 Å². The third kappa shape index (κ3) is 4.45. The highest BCUT2D eigenvalue weighted by Crippen LogP contribution is 2.37. The van der Waals surface area contributed by atoms with Crippen LogP contribution < -0.4 is 4.72 Å². The fraction of sp³-hybridized carbons (Fsp3) is 0.133. The third-order valence-electron chi connectivity index (χ3n) is 3.13. The minimum atomic E-state index is -5.10. The summed E-state index contributed by atoms with van der Waals surface area (Å²) in [6, 6.07) is 6.43. The van der Waals surface area contributed by atoms with Crippen molar-refractivity contribution >= 4 is 15.7 Å². The summed E-state index contributed by atoms with van der Waals surface area (Å²) in [5, 5.41) is 8.65. The van der Waals surface area contributed by atoms with Crippen molar-refractivity contribution in [2.45, 2.75) is 17.2 Å². The van der Waals surface area contributed by atoms with E-state index in [1.807, 2.05) is 0 Å². The van der Waals surface area contributed by atoms with E-state index in [1.165, 1.54) is 0 Å². The predicted molar refractivity (Wildman–Crippen MR) is 78.4 cm³/mol. The summed E-state index contributed by atoms with van der Waals surface area (Å²) in [4.78, 5) is -0.428. The molecule has 0 fully saturated rings. The fourth-order valence-electron chi connectivity index (χ4n) is 1.94. The van der Waals surface area contributed by atoms with Crippen LogP contribution in [0, 0.1) is 11.3 Å². The normalized spacial score (nSPS) is 12.5. The Kier molecular flexibility index (Phi) is 4.92. The maximum Gasteiger partial charge on any atom is 0.416 e. The summed E-state index contributed by atoms with van der Waals surface area (Å²) >= 11 is 0. The second-order valence-electron chi connectivity index (χ2n) is 5.04. The smallest absolute Gasteiger partial charge is 0.280 e. The number of sulfonamides is 1. The highest BCUT2D eigenvalue weighted by atomic mass is 32.2. The quantitative estimate of drug-likeness (QED) is 0.785. The standard InChI is InChI=1S/C15H8F6N2O2S/c16-14(17,18)10-5-11(15(19,20)21)7-12(6-10)23-26(24,25)13-3-1-9(8-22)2-4-13/h1-7,23H. The monoisotopic (exact) mass is 394 g/mol. The van der Waals surface area contributed by atoms with Crippen molar-refractivity contribution in [1.82, 2.24) is 0 Å². The lowest BCUT2D eigenvalue weighted by Crippen LogP contribution is -2.16. The van der Waals surface area contributed by atoms with Gasteiger partial charge in [-0.2, -0.15) is 31.6 Å². The first kappa shape index (κ1) is 19.6. The maximum absolute atomic E-state index is 12.8. The Morgan fingerprint density at radius 2 is 1.31 bits per heavy atom. The SMILES string of the molecule is N#Cc1ccc(S(=O)(=O)Nc2cc(C(F)(F)F)cc(C(F)(F)F)c2)cc1. The molecule has 0 saturated carbocycles. The van der Waals surface area contributed by atoms with Gasteiger partial charge in [0.15, 0.2) is 0 Å². The lowest BCUT2D eigenvalue weighted by Gasteiger charge is -2.15. The Morgan fingerprint density at radius 1 is 0.846 bits per heavy atom. The fourth-order valence-corrected chi connectivity index (χ4v) is 2.98. The molecule has 0 aliphatic heterocycles. The number of benzene rings is 2. The maximum atomic E-state index is 12.8. The van der Waals surface area contributed by atoms with Gasteiger partial charge in [0.25, 0.3) is 10.0 Å². The molecule has 0 heterocycles. The number of hydrogen-bond donors (Lipinski definition) is 1. The number of hydrogen-bond acceptors (Lipinski definition) is 3. The molecule has 2 aromatic rings. The molecule has 2 aromatic carbocycles. The number of nitrogens with one attached hydrogen (secondary N) is 1. The molecule has 0 bridgehead atoms. The first-order chi connectivity index (χ1) is 11.8. The van der Waals surface area contributed by atoms with Gasteiger partial charge in [0, 0.05) is 0 Å². The molecule has 0 amide bonds. The van der Waals surface area contributed by atoms with E-state index >= 15 is 0 Å². The van der Waals surface area contributed by atoms with Gasteiger partial charge in [0.2, 0.25) is 0 Å². The molecule has 0 unspecified atom stereocenters. The average molecular weight is 394 g/mol.